The first kappa shape index (κ1) is 20.2. The number of fused-ring (bicyclic) bond motifs is 1. The molecule has 0 unspecified atom stereocenters. The number of rotatable bonds is 3. The van der Waals surface area contributed by atoms with Crippen molar-refractivity contribution in [3.8, 4) is 11.5 Å². The number of ether oxygens (including phenoxy) is 1. The fourth-order valence-electron chi connectivity index (χ4n) is 2.52. The van der Waals surface area contributed by atoms with Crippen LogP contribution in [0.25, 0.3) is 10.8 Å². The minimum atomic E-state index is -0.481. The Morgan fingerprint density at radius 3 is 2.40 bits per heavy atom. The van der Waals surface area contributed by atoms with Gasteiger partial charge in [0.15, 0.2) is 0 Å². The number of hydrogen-bond donors (Lipinski definition) is 1. The van der Waals surface area contributed by atoms with Crippen molar-refractivity contribution >= 4 is 34.0 Å². The van der Waals surface area contributed by atoms with Crippen LogP contribution in [0.1, 0.15) is 15.9 Å². The molecule has 0 aromatic heterocycles. The third kappa shape index (κ3) is 4.37. The predicted molar refractivity (Wildman–Crippen MR) is 94.1 cm³/mol. The molecule has 6 heteroatoms. The summed E-state index contributed by atoms with van der Waals surface area (Å²) in [7, 11) is 1.49. The quantitative estimate of drug-likeness (QED) is 0.694. The third-order valence-corrected chi connectivity index (χ3v) is 4.23. The van der Waals surface area contributed by atoms with Gasteiger partial charge in [0.25, 0.3) is 5.91 Å². The van der Waals surface area contributed by atoms with Gasteiger partial charge in [0.2, 0.25) is 0 Å². The van der Waals surface area contributed by atoms with Crippen LogP contribution >= 0.6 is 11.6 Å². The molecule has 4 nitrogen and oxygen atoms in total. The Morgan fingerprint density at radius 2 is 1.76 bits per heavy atom. The van der Waals surface area contributed by atoms with Gasteiger partial charge in [-0.3, -0.25) is 4.79 Å². The van der Waals surface area contributed by atoms with E-state index in [4.69, 9.17) is 16.3 Å². The number of amides is 1. The standard InChI is InChI=1S/C19H16ClNO3.K/c1-11-7-16(18(24-2)10-15(11)20)21-19(23)14-8-12-5-3-4-6-13(12)9-17(14)22;/h3-10,22H,1-2H3,(H,21,23);/q;+1/p-1. The first-order chi connectivity index (χ1) is 11.5. The predicted octanol–water partition coefficient (Wildman–Crippen LogP) is 1.14. The van der Waals surface area contributed by atoms with E-state index in [0.29, 0.717) is 16.5 Å². The minimum absolute atomic E-state index is 0. The van der Waals surface area contributed by atoms with Gasteiger partial charge in [-0.1, -0.05) is 47.7 Å². The van der Waals surface area contributed by atoms with Crippen molar-refractivity contribution in [3.63, 3.8) is 0 Å². The van der Waals surface area contributed by atoms with Crippen molar-refractivity contribution in [2.75, 3.05) is 12.4 Å². The molecule has 3 aromatic rings. The average Bonchev–Trinajstić information content (AvgIpc) is 2.57. The van der Waals surface area contributed by atoms with Crippen LogP contribution in [-0.4, -0.2) is 13.0 Å². The molecule has 0 aliphatic heterocycles. The molecule has 1 N–H and O–H groups in total. The summed E-state index contributed by atoms with van der Waals surface area (Å²) in [4.78, 5) is 12.5. The molecular formula is C19H15ClKNO3. The topological polar surface area (TPSA) is 61.4 Å². The molecule has 0 radical (unpaired) electrons. The summed E-state index contributed by atoms with van der Waals surface area (Å²) in [6, 6.07) is 13.8. The number of carbonyl (C=O) groups is 1. The van der Waals surface area contributed by atoms with Crippen LogP contribution in [0.3, 0.4) is 0 Å². The Hall–Kier alpha value is -1.08. The third-order valence-electron chi connectivity index (χ3n) is 3.82. The van der Waals surface area contributed by atoms with Crippen molar-refractivity contribution < 1.29 is 66.0 Å². The number of aryl methyl sites for hydroxylation is 1. The number of anilines is 1. The SMILES string of the molecule is COc1cc(Cl)c(C)cc1NC(=O)c1cc2ccccc2cc1[O-].[K+]. The molecule has 0 heterocycles. The van der Waals surface area contributed by atoms with Crippen LogP contribution in [0.2, 0.25) is 5.02 Å². The Morgan fingerprint density at radius 1 is 1.12 bits per heavy atom. The van der Waals surface area contributed by atoms with Gasteiger partial charge in [0, 0.05) is 16.7 Å². The minimum Gasteiger partial charge on any atom is -0.872 e. The van der Waals surface area contributed by atoms with Crippen LogP contribution in [0.5, 0.6) is 11.5 Å². The smallest absolute Gasteiger partial charge is 0.872 e. The molecule has 0 bridgehead atoms. The summed E-state index contributed by atoms with van der Waals surface area (Å²) in [5.74, 6) is -0.367. The summed E-state index contributed by atoms with van der Waals surface area (Å²) in [5, 5.41) is 17.1. The average molecular weight is 380 g/mol. The van der Waals surface area contributed by atoms with E-state index in [1.807, 2.05) is 31.2 Å². The van der Waals surface area contributed by atoms with Gasteiger partial charge in [-0.2, -0.15) is 0 Å². The second kappa shape index (κ2) is 8.53. The number of carbonyl (C=O) groups excluding carboxylic acids is 1. The van der Waals surface area contributed by atoms with Gasteiger partial charge in [-0.05, 0) is 35.4 Å². The summed E-state index contributed by atoms with van der Waals surface area (Å²) in [6.07, 6.45) is 0. The molecule has 3 rings (SSSR count). The monoisotopic (exact) mass is 379 g/mol. The maximum atomic E-state index is 12.5. The van der Waals surface area contributed by atoms with Gasteiger partial charge in [0.1, 0.15) is 5.75 Å². The zero-order valence-corrected chi connectivity index (χ0v) is 18.1. The second-order valence-electron chi connectivity index (χ2n) is 5.45. The van der Waals surface area contributed by atoms with Crippen LogP contribution in [0, 0.1) is 6.92 Å². The Kier molecular flexibility index (Phi) is 6.91. The Labute approximate surface area is 193 Å². The number of methoxy groups -OCH3 is 1. The van der Waals surface area contributed by atoms with Crippen LogP contribution in [0.4, 0.5) is 5.69 Å². The molecule has 0 aliphatic rings. The van der Waals surface area contributed by atoms with Crippen molar-refractivity contribution in [2.24, 2.45) is 0 Å². The number of halogens is 1. The van der Waals surface area contributed by atoms with Crippen molar-refractivity contribution in [2.45, 2.75) is 6.92 Å². The first-order valence-electron chi connectivity index (χ1n) is 7.35. The number of nitrogens with one attached hydrogen (secondary N) is 1. The van der Waals surface area contributed by atoms with Crippen LogP contribution in [-0.2, 0) is 0 Å². The van der Waals surface area contributed by atoms with Gasteiger partial charge in [-0.25, -0.2) is 0 Å². The molecule has 0 spiro atoms. The first-order valence-corrected chi connectivity index (χ1v) is 7.72. The van der Waals surface area contributed by atoms with E-state index in [0.717, 1.165) is 16.3 Å². The van der Waals surface area contributed by atoms with Gasteiger partial charge in [-0.15, -0.1) is 0 Å². The molecule has 3 aromatic carbocycles. The van der Waals surface area contributed by atoms with Crippen molar-refractivity contribution in [1.82, 2.24) is 0 Å². The molecule has 25 heavy (non-hydrogen) atoms. The number of hydrogen-bond acceptors (Lipinski definition) is 3. The summed E-state index contributed by atoms with van der Waals surface area (Å²) >= 11 is 6.07. The molecule has 0 saturated heterocycles. The maximum absolute atomic E-state index is 12.5. The van der Waals surface area contributed by atoms with E-state index in [1.165, 1.54) is 13.2 Å². The van der Waals surface area contributed by atoms with Crippen molar-refractivity contribution in [1.29, 1.82) is 0 Å². The maximum Gasteiger partial charge on any atom is 1.00 e. The molecule has 0 saturated carbocycles. The van der Waals surface area contributed by atoms with Gasteiger partial charge < -0.3 is 15.2 Å². The second-order valence-corrected chi connectivity index (χ2v) is 5.86. The molecule has 1 amide bonds. The zero-order valence-electron chi connectivity index (χ0n) is 14.2. The van der Waals surface area contributed by atoms with E-state index in [1.54, 1.807) is 18.2 Å². The summed E-state index contributed by atoms with van der Waals surface area (Å²) < 4.78 is 5.24. The van der Waals surface area contributed by atoms with E-state index in [-0.39, 0.29) is 62.7 Å². The molecular weight excluding hydrogens is 365 g/mol. The largest absolute Gasteiger partial charge is 1.00 e. The van der Waals surface area contributed by atoms with Crippen molar-refractivity contribution in [3.05, 3.63) is 64.7 Å². The van der Waals surface area contributed by atoms with Gasteiger partial charge in [0.05, 0.1) is 12.8 Å². The van der Waals surface area contributed by atoms with E-state index in [9.17, 15) is 9.90 Å². The summed E-state index contributed by atoms with van der Waals surface area (Å²) in [6.45, 7) is 1.83. The molecule has 0 fully saturated rings. The zero-order chi connectivity index (χ0) is 17.3. The van der Waals surface area contributed by atoms with E-state index < -0.39 is 5.91 Å². The Bertz CT molecular complexity index is 943. The number of benzene rings is 3. The summed E-state index contributed by atoms with van der Waals surface area (Å²) in [5.41, 5.74) is 1.36. The fraction of sp³-hybridized carbons (Fsp3) is 0.105. The van der Waals surface area contributed by atoms with Gasteiger partial charge >= 0.3 is 51.4 Å². The Balaban J connectivity index is 0.00000225. The van der Waals surface area contributed by atoms with E-state index >= 15 is 0 Å². The fourth-order valence-corrected chi connectivity index (χ4v) is 2.67. The normalized spacial score (nSPS) is 10.2. The van der Waals surface area contributed by atoms with Crippen LogP contribution in [0.15, 0.2) is 48.5 Å². The van der Waals surface area contributed by atoms with Crippen LogP contribution < -0.4 is 66.5 Å². The van der Waals surface area contributed by atoms with E-state index in [2.05, 4.69) is 5.32 Å². The molecule has 0 aliphatic carbocycles. The molecule has 0 atom stereocenters. The molecule has 122 valence electrons.